The van der Waals surface area contributed by atoms with E-state index in [1.807, 2.05) is 0 Å². The lowest BCUT2D eigenvalue weighted by molar-refractivity contribution is 0.0627. The summed E-state index contributed by atoms with van der Waals surface area (Å²) in [5, 5.41) is 14.0. The molecular weight excluding hydrogens is 152 g/mol. The van der Waals surface area contributed by atoms with Crippen LogP contribution in [0.4, 0.5) is 0 Å². The average Bonchev–Trinajstić information content (AvgIpc) is 2.53. The molecule has 0 aromatic heterocycles. The maximum atomic E-state index is 9.67. The molecule has 0 spiro atoms. The Labute approximate surface area is 73.8 Å². The van der Waals surface area contributed by atoms with E-state index in [0.717, 1.165) is 32.6 Å². The van der Waals surface area contributed by atoms with E-state index in [0.29, 0.717) is 6.04 Å². The highest BCUT2D eigenvalue weighted by atomic mass is 16.3. The number of aliphatic hydroxyl groups is 1. The highest BCUT2D eigenvalue weighted by Gasteiger charge is 2.30. The third kappa shape index (κ3) is 1.63. The topological polar surface area (TPSA) is 37.6 Å². The molecular formula is C9H17N2O. The summed E-state index contributed by atoms with van der Waals surface area (Å²) in [7, 11) is 0. The molecule has 2 unspecified atom stereocenters. The maximum Gasteiger partial charge on any atom is 0.0695 e. The standard InChI is InChI=1S/C9H17N2O/c12-9-3-1-2-8(9)11-6-4-10-5-7-11/h8-9,12H,1-7H2. The van der Waals surface area contributed by atoms with E-state index in [-0.39, 0.29) is 6.10 Å². The largest absolute Gasteiger partial charge is 0.391 e. The van der Waals surface area contributed by atoms with Crippen molar-refractivity contribution in [3.05, 3.63) is 0 Å². The van der Waals surface area contributed by atoms with Gasteiger partial charge in [0.05, 0.1) is 6.10 Å². The van der Waals surface area contributed by atoms with Crippen molar-refractivity contribution in [3.8, 4) is 0 Å². The Morgan fingerprint density at radius 3 is 2.50 bits per heavy atom. The van der Waals surface area contributed by atoms with Gasteiger partial charge in [-0.1, -0.05) is 0 Å². The van der Waals surface area contributed by atoms with Crippen molar-refractivity contribution in [1.29, 1.82) is 0 Å². The zero-order valence-electron chi connectivity index (χ0n) is 7.45. The SMILES string of the molecule is OC1CCCC1N1CC[N]CC1. The Morgan fingerprint density at radius 1 is 1.17 bits per heavy atom. The third-order valence-electron chi connectivity index (χ3n) is 3.00. The fraction of sp³-hybridized carbons (Fsp3) is 1.00. The number of piperazine rings is 1. The van der Waals surface area contributed by atoms with Gasteiger partial charge in [-0.05, 0) is 19.3 Å². The Morgan fingerprint density at radius 2 is 1.92 bits per heavy atom. The van der Waals surface area contributed by atoms with Gasteiger partial charge in [0.15, 0.2) is 0 Å². The predicted molar refractivity (Wildman–Crippen MR) is 47.1 cm³/mol. The van der Waals surface area contributed by atoms with Crippen LogP contribution in [-0.4, -0.2) is 48.3 Å². The van der Waals surface area contributed by atoms with Gasteiger partial charge in [-0.15, -0.1) is 0 Å². The summed E-state index contributed by atoms with van der Waals surface area (Å²) in [6.45, 7) is 4.04. The van der Waals surface area contributed by atoms with E-state index in [2.05, 4.69) is 10.2 Å². The van der Waals surface area contributed by atoms with E-state index in [1.165, 1.54) is 12.8 Å². The zero-order valence-corrected chi connectivity index (χ0v) is 7.45. The van der Waals surface area contributed by atoms with Crippen LogP contribution in [0.15, 0.2) is 0 Å². The molecule has 1 saturated carbocycles. The van der Waals surface area contributed by atoms with E-state index >= 15 is 0 Å². The smallest absolute Gasteiger partial charge is 0.0695 e. The lowest BCUT2D eigenvalue weighted by Gasteiger charge is -2.33. The van der Waals surface area contributed by atoms with E-state index in [9.17, 15) is 5.11 Å². The highest BCUT2D eigenvalue weighted by Crippen LogP contribution is 2.24. The van der Waals surface area contributed by atoms with Crippen LogP contribution in [0.2, 0.25) is 0 Å². The summed E-state index contributed by atoms with van der Waals surface area (Å²) >= 11 is 0. The number of rotatable bonds is 1. The predicted octanol–water partition coefficient (Wildman–Crippen LogP) is -0.180. The minimum Gasteiger partial charge on any atom is -0.391 e. The molecule has 1 N–H and O–H groups in total. The summed E-state index contributed by atoms with van der Waals surface area (Å²) in [5.41, 5.74) is 0. The minimum atomic E-state index is -0.0666. The van der Waals surface area contributed by atoms with Crippen molar-refractivity contribution in [2.45, 2.75) is 31.4 Å². The summed E-state index contributed by atoms with van der Waals surface area (Å²) in [5.74, 6) is 0. The van der Waals surface area contributed by atoms with Crippen LogP contribution in [-0.2, 0) is 0 Å². The van der Waals surface area contributed by atoms with Crippen LogP contribution in [0.5, 0.6) is 0 Å². The van der Waals surface area contributed by atoms with Gasteiger partial charge >= 0.3 is 0 Å². The van der Waals surface area contributed by atoms with Gasteiger partial charge in [0.25, 0.3) is 0 Å². The summed E-state index contributed by atoms with van der Waals surface area (Å²) in [6, 6.07) is 0.445. The van der Waals surface area contributed by atoms with Crippen LogP contribution >= 0.6 is 0 Å². The molecule has 2 atom stereocenters. The number of nitrogens with zero attached hydrogens (tertiary/aromatic N) is 2. The van der Waals surface area contributed by atoms with Crippen LogP contribution in [0, 0.1) is 0 Å². The Hall–Kier alpha value is -0.120. The molecule has 2 aliphatic rings. The average molecular weight is 169 g/mol. The first kappa shape index (κ1) is 8.48. The molecule has 1 aliphatic carbocycles. The second-order valence-corrected chi connectivity index (χ2v) is 3.77. The zero-order chi connectivity index (χ0) is 8.39. The molecule has 0 aromatic carbocycles. The Kier molecular flexibility index (Phi) is 2.63. The van der Waals surface area contributed by atoms with Crippen molar-refractivity contribution in [2.75, 3.05) is 26.2 Å². The van der Waals surface area contributed by atoms with Crippen molar-refractivity contribution in [1.82, 2.24) is 10.2 Å². The van der Waals surface area contributed by atoms with Crippen molar-refractivity contribution < 1.29 is 5.11 Å². The monoisotopic (exact) mass is 169 g/mol. The third-order valence-corrected chi connectivity index (χ3v) is 3.00. The van der Waals surface area contributed by atoms with Gasteiger partial charge in [0, 0.05) is 32.2 Å². The Bertz CT molecular complexity index is 145. The van der Waals surface area contributed by atoms with Crippen molar-refractivity contribution in [3.63, 3.8) is 0 Å². The summed E-state index contributed by atoms with van der Waals surface area (Å²) < 4.78 is 0. The van der Waals surface area contributed by atoms with Gasteiger partial charge < -0.3 is 5.11 Å². The second-order valence-electron chi connectivity index (χ2n) is 3.77. The molecule has 0 aromatic rings. The van der Waals surface area contributed by atoms with Crippen LogP contribution < -0.4 is 5.32 Å². The maximum absolute atomic E-state index is 9.67. The van der Waals surface area contributed by atoms with Gasteiger partial charge in [-0.25, -0.2) is 5.32 Å². The first-order valence-corrected chi connectivity index (χ1v) is 4.93. The van der Waals surface area contributed by atoms with Crippen LogP contribution in [0.25, 0.3) is 0 Å². The first-order chi connectivity index (χ1) is 5.88. The van der Waals surface area contributed by atoms with E-state index < -0.39 is 0 Å². The molecule has 69 valence electrons. The molecule has 1 heterocycles. The molecule has 12 heavy (non-hydrogen) atoms. The van der Waals surface area contributed by atoms with Crippen LogP contribution in [0.1, 0.15) is 19.3 Å². The lowest BCUT2D eigenvalue weighted by Crippen LogP contribution is -2.48. The van der Waals surface area contributed by atoms with Gasteiger partial charge in [-0.2, -0.15) is 0 Å². The second kappa shape index (κ2) is 3.73. The number of aliphatic hydroxyl groups excluding tert-OH is 1. The fourth-order valence-corrected chi connectivity index (χ4v) is 2.30. The van der Waals surface area contributed by atoms with Crippen LogP contribution in [0.3, 0.4) is 0 Å². The molecule has 2 fully saturated rings. The van der Waals surface area contributed by atoms with Gasteiger partial charge in [-0.3, -0.25) is 4.90 Å². The molecule has 2 rings (SSSR count). The Balaban J connectivity index is 1.89. The van der Waals surface area contributed by atoms with Gasteiger partial charge in [0.2, 0.25) is 0 Å². The summed E-state index contributed by atoms with van der Waals surface area (Å²) in [6.07, 6.45) is 3.31. The quantitative estimate of drug-likeness (QED) is 0.591. The summed E-state index contributed by atoms with van der Waals surface area (Å²) in [4.78, 5) is 2.41. The molecule has 1 radical (unpaired) electrons. The number of hydrogen-bond donors (Lipinski definition) is 1. The normalized spacial score (nSPS) is 38.8. The van der Waals surface area contributed by atoms with E-state index in [4.69, 9.17) is 0 Å². The fourth-order valence-electron chi connectivity index (χ4n) is 2.30. The minimum absolute atomic E-state index is 0.0666. The molecule has 0 bridgehead atoms. The number of hydrogen-bond acceptors (Lipinski definition) is 2. The lowest BCUT2D eigenvalue weighted by atomic mass is 10.1. The van der Waals surface area contributed by atoms with Crippen molar-refractivity contribution >= 4 is 0 Å². The van der Waals surface area contributed by atoms with E-state index in [1.54, 1.807) is 0 Å². The molecule has 1 aliphatic heterocycles. The molecule has 3 heteroatoms. The van der Waals surface area contributed by atoms with Crippen molar-refractivity contribution in [2.24, 2.45) is 0 Å². The molecule has 3 nitrogen and oxygen atoms in total. The molecule has 1 saturated heterocycles. The van der Waals surface area contributed by atoms with Gasteiger partial charge in [0.1, 0.15) is 0 Å². The molecule has 0 amide bonds. The highest BCUT2D eigenvalue weighted by molar-refractivity contribution is 4.86. The first-order valence-electron chi connectivity index (χ1n) is 4.93.